The van der Waals surface area contributed by atoms with Crippen molar-refractivity contribution in [2.24, 2.45) is 0 Å². The Morgan fingerprint density at radius 3 is 2.56 bits per heavy atom. The molecule has 10 nitrogen and oxygen atoms in total. The van der Waals surface area contributed by atoms with E-state index in [0.717, 1.165) is 17.7 Å². The zero-order valence-electron chi connectivity index (χ0n) is 22.5. The van der Waals surface area contributed by atoms with Crippen LogP contribution in [0.4, 0.5) is 13.2 Å². The van der Waals surface area contributed by atoms with Crippen LogP contribution in [0.3, 0.4) is 0 Å². The molecule has 6 atom stereocenters. The molecule has 1 aromatic heterocycles. The van der Waals surface area contributed by atoms with Crippen LogP contribution < -0.4 is 0 Å². The standard InChI is InChI=1S/C28H29F3N4O6/c1-34(2)10-9-21(36)25-27(39-15-37-3)24(26-22(40-25)14-38-28(41-26)16-7-5-4-6-8-16)35-13-20(32-33-35)17-11-18(29)23(31)19(30)12-17/h4-13,22,24-28H,14-15H2,1-3H3/b10-9+/t22-,24+,25+,26+,27-,28?/m1/s1. The highest BCUT2D eigenvalue weighted by molar-refractivity contribution is 5.94. The van der Waals surface area contributed by atoms with E-state index in [4.69, 9.17) is 23.7 Å². The smallest absolute Gasteiger partial charge is 0.194 e. The second-order valence-corrected chi connectivity index (χ2v) is 9.82. The van der Waals surface area contributed by atoms with E-state index >= 15 is 0 Å². The van der Waals surface area contributed by atoms with Gasteiger partial charge in [0.2, 0.25) is 0 Å². The quantitative estimate of drug-likeness (QED) is 0.216. The minimum absolute atomic E-state index is 0.0257. The Morgan fingerprint density at radius 2 is 1.88 bits per heavy atom. The lowest BCUT2D eigenvalue weighted by atomic mass is 9.89. The summed E-state index contributed by atoms with van der Waals surface area (Å²) >= 11 is 0. The average molecular weight is 575 g/mol. The summed E-state index contributed by atoms with van der Waals surface area (Å²) in [4.78, 5) is 15.0. The molecule has 0 radical (unpaired) electrons. The van der Waals surface area contributed by atoms with Crippen LogP contribution in [0.5, 0.6) is 0 Å². The number of carbonyl (C=O) groups is 1. The van der Waals surface area contributed by atoms with E-state index in [1.54, 1.807) is 25.2 Å². The lowest BCUT2D eigenvalue weighted by molar-refractivity contribution is -0.319. The third-order valence-electron chi connectivity index (χ3n) is 6.71. The molecule has 3 heterocycles. The summed E-state index contributed by atoms with van der Waals surface area (Å²) in [7, 11) is 4.98. The molecule has 3 aromatic rings. The van der Waals surface area contributed by atoms with Crippen LogP contribution in [0.1, 0.15) is 17.9 Å². The van der Waals surface area contributed by atoms with Gasteiger partial charge in [-0.15, -0.1) is 5.10 Å². The van der Waals surface area contributed by atoms with Gasteiger partial charge in [0.05, 0.1) is 12.8 Å². The molecule has 0 amide bonds. The minimum Gasteiger partial charge on any atom is -0.383 e. The van der Waals surface area contributed by atoms with E-state index in [1.165, 1.54) is 24.1 Å². The summed E-state index contributed by atoms with van der Waals surface area (Å²) < 4.78 is 72.7. The summed E-state index contributed by atoms with van der Waals surface area (Å²) in [6.45, 7) is -0.0908. The zero-order chi connectivity index (χ0) is 29.1. The lowest BCUT2D eigenvalue weighted by Crippen LogP contribution is -2.61. The number of ether oxygens (including phenoxy) is 5. The molecule has 41 heavy (non-hydrogen) atoms. The largest absolute Gasteiger partial charge is 0.383 e. The molecule has 5 rings (SSSR count). The molecule has 2 aliphatic rings. The van der Waals surface area contributed by atoms with Gasteiger partial charge in [0, 0.05) is 38.5 Å². The van der Waals surface area contributed by atoms with Gasteiger partial charge >= 0.3 is 0 Å². The second-order valence-electron chi connectivity index (χ2n) is 9.82. The Kier molecular flexibility index (Phi) is 8.80. The van der Waals surface area contributed by atoms with Crippen LogP contribution >= 0.6 is 0 Å². The van der Waals surface area contributed by atoms with E-state index in [9.17, 15) is 18.0 Å². The maximum atomic E-state index is 14.0. The Hall–Kier alpha value is -3.62. The Balaban J connectivity index is 1.55. The first-order chi connectivity index (χ1) is 19.8. The van der Waals surface area contributed by atoms with Gasteiger partial charge in [0.1, 0.15) is 42.9 Å². The highest BCUT2D eigenvalue weighted by atomic mass is 19.2. The van der Waals surface area contributed by atoms with Crippen molar-refractivity contribution in [2.45, 2.75) is 36.7 Å². The fraction of sp³-hybridized carbons (Fsp3) is 0.393. The molecule has 0 aliphatic carbocycles. The number of methoxy groups -OCH3 is 1. The van der Waals surface area contributed by atoms with Gasteiger partial charge in [-0.25, -0.2) is 17.9 Å². The number of ketones is 1. The van der Waals surface area contributed by atoms with Crippen LogP contribution in [-0.2, 0) is 28.5 Å². The molecule has 2 aliphatic heterocycles. The van der Waals surface area contributed by atoms with Crippen LogP contribution in [0.2, 0.25) is 0 Å². The van der Waals surface area contributed by atoms with Gasteiger partial charge in [0.25, 0.3) is 0 Å². The molecule has 218 valence electrons. The molecule has 2 saturated heterocycles. The Labute approximate surface area is 234 Å². The number of carbonyl (C=O) groups excluding carboxylic acids is 1. The fourth-order valence-corrected chi connectivity index (χ4v) is 4.82. The van der Waals surface area contributed by atoms with Crippen LogP contribution in [0, 0.1) is 17.5 Å². The molecular weight excluding hydrogens is 545 g/mol. The molecule has 2 aromatic carbocycles. The van der Waals surface area contributed by atoms with Crippen LogP contribution in [0.15, 0.2) is 60.9 Å². The van der Waals surface area contributed by atoms with Crippen molar-refractivity contribution in [3.05, 3.63) is 84.0 Å². The molecule has 2 fully saturated rings. The van der Waals surface area contributed by atoms with Crippen molar-refractivity contribution in [3.63, 3.8) is 0 Å². The highest BCUT2D eigenvalue weighted by Crippen LogP contribution is 2.41. The number of hydrogen-bond donors (Lipinski definition) is 0. The summed E-state index contributed by atoms with van der Waals surface area (Å²) in [5.41, 5.74) is 0.809. The van der Waals surface area contributed by atoms with Gasteiger partial charge in [-0.1, -0.05) is 35.5 Å². The lowest BCUT2D eigenvalue weighted by Gasteiger charge is -2.48. The number of hydrogen-bond acceptors (Lipinski definition) is 9. The first-order valence-electron chi connectivity index (χ1n) is 12.8. The average Bonchev–Trinajstić information content (AvgIpc) is 3.46. The molecule has 13 heteroatoms. The maximum absolute atomic E-state index is 14.0. The summed E-state index contributed by atoms with van der Waals surface area (Å²) in [5, 5.41) is 8.28. The number of benzene rings is 2. The van der Waals surface area contributed by atoms with E-state index < -0.39 is 54.2 Å². The fourth-order valence-electron chi connectivity index (χ4n) is 4.82. The van der Waals surface area contributed by atoms with E-state index in [1.807, 2.05) is 30.3 Å². The predicted molar refractivity (Wildman–Crippen MR) is 138 cm³/mol. The number of aromatic nitrogens is 3. The number of rotatable bonds is 9. The van der Waals surface area contributed by atoms with Gasteiger partial charge in [-0.3, -0.25) is 4.79 Å². The minimum atomic E-state index is -1.59. The predicted octanol–water partition coefficient (Wildman–Crippen LogP) is 3.42. The van der Waals surface area contributed by atoms with Crippen molar-refractivity contribution in [2.75, 3.05) is 34.6 Å². The zero-order valence-corrected chi connectivity index (χ0v) is 22.5. The monoisotopic (exact) mass is 574 g/mol. The first-order valence-corrected chi connectivity index (χ1v) is 12.8. The molecule has 0 bridgehead atoms. The first kappa shape index (κ1) is 28.9. The van der Waals surface area contributed by atoms with Crippen molar-refractivity contribution < 1.29 is 41.7 Å². The maximum Gasteiger partial charge on any atom is 0.194 e. The summed E-state index contributed by atoms with van der Waals surface area (Å²) in [6.07, 6.45) is 0.0739. The van der Waals surface area contributed by atoms with Gasteiger partial charge in [-0.05, 0) is 18.2 Å². The van der Waals surface area contributed by atoms with Crippen molar-refractivity contribution in [3.8, 4) is 11.3 Å². The Bertz CT molecular complexity index is 1370. The van der Waals surface area contributed by atoms with E-state index in [2.05, 4.69) is 10.3 Å². The SMILES string of the molecule is COCO[C@@H]1[C@@H](n2cc(-c3cc(F)c(F)c(F)c3)nn2)[C@H]2OC(c3ccccc3)OC[C@H]2O[C@H]1C(=O)/C=C/N(C)C. The topological polar surface area (TPSA) is 97.2 Å². The Morgan fingerprint density at radius 1 is 1.15 bits per heavy atom. The normalized spacial score (nSPS) is 26.2. The molecule has 1 unspecified atom stereocenters. The molecule has 0 saturated carbocycles. The number of nitrogens with zero attached hydrogens (tertiary/aromatic N) is 4. The number of halogens is 3. The summed E-state index contributed by atoms with van der Waals surface area (Å²) in [6, 6.07) is 10.1. The van der Waals surface area contributed by atoms with Crippen molar-refractivity contribution >= 4 is 5.78 Å². The molecular formula is C28H29F3N4O6. The summed E-state index contributed by atoms with van der Waals surface area (Å²) in [5.74, 6) is -4.69. The second kappa shape index (κ2) is 12.5. The van der Waals surface area contributed by atoms with E-state index in [-0.39, 0.29) is 30.4 Å². The van der Waals surface area contributed by atoms with Gasteiger partial charge < -0.3 is 28.6 Å². The van der Waals surface area contributed by atoms with Crippen LogP contribution in [-0.4, -0.2) is 84.7 Å². The van der Waals surface area contributed by atoms with E-state index in [0.29, 0.717) is 0 Å². The van der Waals surface area contributed by atoms with Gasteiger partial charge in [0.15, 0.2) is 29.5 Å². The third-order valence-corrected chi connectivity index (χ3v) is 6.71. The van der Waals surface area contributed by atoms with Crippen molar-refractivity contribution in [1.29, 1.82) is 0 Å². The van der Waals surface area contributed by atoms with Gasteiger partial charge in [-0.2, -0.15) is 0 Å². The van der Waals surface area contributed by atoms with Crippen LogP contribution in [0.25, 0.3) is 11.3 Å². The molecule has 0 spiro atoms. The molecule has 0 N–H and O–H groups in total. The highest BCUT2D eigenvalue weighted by Gasteiger charge is 2.53. The number of fused-ring (bicyclic) bond motifs is 1. The van der Waals surface area contributed by atoms with Crippen molar-refractivity contribution in [1.82, 2.24) is 19.9 Å². The third kappa shape index (κ3) is 6.19.